The first-order valence-electron chi connectivity index (χ1n) is 7.37. The number of methoxy groups -OCH3 is 1. The van der Waals surface area contributed by atoms with E-state index in [0.717, 1.165) is 11.1 Å². The molecular formula is C17H25NO5. The van der Waals surface area contributed by atoms with Crippen LogP contribution in [0.2, 0.25) is 0 Å². The van der Waals surface area contributed by atoms with E-state index in [4.69, 9.17) is 4.74 Å². The molecule has 1 aromatic rings. The highest BCUT2D eigenvalue weighted by molar-refractivity contribution is 5.82. The minimum Gasteiger partial charge on any atom is -0.467 e. The van der Waals surface area contributed by atoms with Gasteiger partial charge in [-0.05, 0) is 45.7 Å². The Morgan fingerprint density at radius 1 is 1.22 bits per heavy atom. The van der Waals surface area contributed by atoms with Crippen LogP contribution in [0.1, 0.15) is 43.6 Å². The standard InChI is InChI=1S/C17H25NO5/c1-10-7-8-12(11(2)9-10)14(19)13(15(20)22-6)18-16(21)23-17(3,4)5/h7-9,13-14,19H,1-6H3,(H,18,21)/t13-,14+/m0/s1. The van der Waals surface area contributed by atoms with Crippen LogP contribution in [0.25, 0.3) is 0 Å². The van der Waals surface area contributed by atoms with Gasteiger partial charge in [0.25, 0.3) is 0 Å². The number of hydrogen-bond acceptors (Lipinski definition) is 5. The van der Waals surface area contributed by atoms with Crippen molar-refractivity contribution in [1.82, 2.24) is 5.32 Å². The molecule has 0 saturated carbocycles. The molecular weight excluding hydrogens is 298 g/mol. The molecule has 0 bridgehead atoms. The van der Waals surface area contributed by atoms with E-state index in [0.29, 0.717) is 5.56 Å². The fourth-order valence-corrected chi connectivity index (χ4v) is 2.17. The molecule has 23 heavy (non-hydrogen) atoms. The average Bonchev–Trinajstić information content (AvgIpc) is 2.41. The number of esters is 1. The van der Waals surface area contributed by atoms with Gasteiger partial charge in [-0.15, -0.1) is 0 Å². The van der Waals surface area contributed by atoms with Crippen LogP contribution in [0.4, 0.5) is 4.79 Å². The average molecular weight is 323 g/mol. The van der Waals surface area contributed by atoms with Gasteiger partial charge in [-0.2, -0.15) is 0 Å². The van der Waals surface area contributed by atoms with Crippen LogP contribution in [-0.4, -0.2) is 35.9 Å². The smallest absolute Gasteiger partial charge is 0.408 e. The van der Waals surface area contributed by atoms with Crippen molar-refractivity contribution in [3.8, 4) is 0 Å². The summed E-state index contributed by atoms with van der Waals surface area (Å²) in [5.74, 6) is -0.747. The van der Waals surface area contributed by atoms with Gasteiger partial charge in [-0.25, -0.2) is 9.59 Å². The fraction of sp³-hybridized carbons (Fsp3) is 0.529. The van der Waals surface area contributed by atoms with Crippen LogP contribution < -0.4 is 5.32 Å². The van der Waals surface area contributed by atoms with Crippen molar-refractivity contribution in [3.63, 3.8) is 0 Å². The molecule has 2 atom stereocenters. The molecule has 0 unspecified atom stereocenters. The largest absolute Gasteiger partial charge is 0.467 e. The van der Waals surface area contributed by atoms with Crippen LogP contribution in [0.15, 0.2) is 18.2 Å². The fourth-order valence-electron chi connectivity index (χ4n) is 2.17. The lowest BCUT2D eigenvalue weighted by molar-refractivity contribution is -0.146. The summed E-state index contributed by atoms with van der Waals surface area (Å²) in [6, 6.07) is 4.19. The van der Waals surface area contributed by atoms with Crippen LogP contribution in [0.5, 0.6) is 0 Å². The lowest BCUT2D eigenvalue weighted by atomic mass is 9.96. The Bertz CT molecular complexity index is 577. The molecule has 6 heteroatoms. The lowest BCUT2D eigenvalue weighted by Crippen LogP contribution is -2.47. The molecule has 1 rings (SSSR count). The van der Waals surface area contributed by atoms with Crippen LogP contribution in [0, 0.1) is 13.8 Å². The van der Waals surface area contributed by atoms with Crippen LogP contribution in [0.3, 0.4) is 0 Å². The van der Waals surface area contributed by atoms with Gasteiger partial charge in [-0.3, -0.25) is 0 Å². The third-order valence-corrected chi connectivity index (χ3v) is 3.19. The highest BCUT2D eigenvalue weighted by atomic mass is 16.6. The topological polar surface area (TPSA) is 84.9 Å². The second-order valence-corrected chi connectivity index (χ2v) is 6.45. The van der Waals surface area contributed by atoms with E-state index >= 15 is 0 Å². The Morgan fingerprint density at radius 2 is 1.83 bits per heavy atom. The number of carbonyl (C=O) groups excluding carboxylic acids is 2. The number of amides is 1. The summed E-state index contributed by atoms with van der Waals surface area (Å²) in [5.41, 5.74) is 1.68. The highest BCUT2D eigenvalue weighted by Crippen LogP contribution is 2.23. The van der Waals surface area contributed by atoms with Crippen molar-refractivity contribution in [2.24, 2.45) is 0 Å². The van der Waals surface area contributed by atoms with E-state index in [1.807, 2.05) is 26.0 Å². The predicted molar refractivity (Wildman–Crippen MR) is 86.0 cm³/mol. The Labute approximate surface area is 136 Å². The monoisotopic (exact) mass is 323 g/mol. The summed E-state index contributed by atoms with van der Waals surface area (Å²) in [6.45, 7) is 8.88. The second kappa shape index (κ2) is 7.46. The molecule has 0 aliphatic rings. The van der Waals surface area contributed by atoms with E-state index in [-0.39, 0.29) is 0 Å². The van der Waals surface area contributed by atoms with E-state index in [9.17, 15) is 14.7 Å². The Hall–Kier alpha value is -2.08. The summed E-state index contributed by atoms with van der Waals surface area (Å²) < 4.78 is 9.81. The highest BCUT2D eigenvalue weighted by Gasteiger charge is 2.33. The Morgan fingerprint density at radius 3 is 2.30 bits per heavy atom. The molecule has 0 heterocycles. The molecule has 0 fully saturated rings. The van der Waals surface area contributed by atoms with Crippen LogP contribution >= 0.6 is 0 Å². The Balaban J connectivity index is 3.01. The van der Waals surface area contributed by atoms with E-state index in [1.54, 1.807) is 26.8 Å². The van der Waals surface area contributed by atoms with Gasteiger partial charge in [0.15, 0.2) is 6.04 Å². The van der Waals surface area contributed by atoms with E-state index in [1.165, 1.54) is 7.11 Å². The molecule has 0 spiro atoms. The number of aliphatic hydroxyl groups excluding tert-OH is 1. The van der Waals surface area contributed by atoms with E-state index in [2.05, 4.69) is 10.1 Å². The molecule has 0 aromatic heterocycles. The van der Waals surface area contributed by atoms with Crippen molar-refractivity contribution in [2.45, 2.75) is 52.4 Å². The number of carbonyl (C=O) groups is 2. The molecule has 0 aliphatic carbocycles. The maximum atomic E-state index is 12.0. The van der Waals surface area contributed by atoms with Crippen molar-refractivity contribution >= 4 is 12.1 Å². The summed E-state index contributed by atoms with van der Waals surface area (Å²) in [5, 5.41) is 12.9. The molecule has 0 aliphatic heterocycles. The maximum Gasteiger partial charge on any atom is 0.408 e. The van der Waals surface area contributed by atoms with Crippen molar-refractivity contribution < 1.29 is 24.2 Å². The third kappa shape index (κ3) is 5.56. The number of rotatable bonds is 4. The first kappa shape index (κ1) is 19.0. The molecule has 0 saturated heterocycles. The van der Waals surface area contributed by atoms with Crippen LogP contribution in [-0.2, 0) is 14.3 Å². The van der Waals surface area contributed by atoms with Crippen molar-refractivity contribution in [1.29, 1.82) is 0 Å². The Kier molecular flexibility index (Phi) is 6.15. The normalized spacial score (nSPS) is 13.9. The zero-order chi connectivity index (χ0) is 17.8. The minimum atomic E-state index is -1.25. The molecule has 0 radical (unpaired) electrons. The number of ether oxygens (including phenoxy) is 2. The first-order chi connectivity index (χ1) is 10.5. The number of aliphatic hydroxyl groups is 1. The summed E-state index contributed by atoms with van der Waals surface area (Å²) in [7, 11) is 1.20. The number of hydrogen-bond donors (Lipinski definition) is 2. The number of aryl methyl sites for hydroxylation is 2. The second-order valence-electron chi connectivity index (χ2n) is 6.45. The van der Waals surface area contributed by atoms with Gasteiger partial charge in [0.1, 0.15) is 11.7 Å². The number of benzene rings is 1. The SMILES string of the molecule is COC(=O)[C@@H](NC(=O)OC(C)(C)C)[C@H](O)c1ccc(C)cc1C. The summed E-state index contributed by atoms with van der Waals surface area (Å²) in [6.07, 6.45) is -2.03. The quantitative estimate of drug-likeness (QED) is 0.831. The minimum absolute atomic E-state index is 0.544. The zero-order valence-corrected chi connectivity index (χ0v) is 14.5. The van der Waals surface area contributed by atoms with Gasteiger partial charge in [0.05, 0.1) is 7.11 Å². The van der Waals surface area contributed by atoms with Crippen molar-refractivity contribution in [3.05, 3.63) is 34.9 Å². The third-order valence-electron chi connectivity index (χ3n) is 3.19. The first-order valence-corrected chi connectivity index (χ1v) is 7.37. The van der Waals surface area contributed by atoms with E-state index < -0.39 is 29.8 Å². The van der Waals surface area contributed by atoms with Gasteiger partial charge in [-0.1, -0.05) is 23.8 Å². The van der Waals surface area contributed by atoms with Gasteiger partial charge in [0, 0.05) is 0 Å². The molecule has 1 amide bonds. The van der Waals surface area contributed by atoms with Gasteiger partial charge < -0.3 is 19.9 Å². The van der Waals surface area contributed by atoms with Gasteiger partial charge >= 0.3 is 12.1 Å². The zero-order valence-electron chi connectivity index (χ0n) is 14.5. The molecule has 6 nitrogen and oxygen atoms in total. The summed E-state index contributed by atoms with van der Waals surface area (Å²) >= 11 is 0. The van der Waals surface area contributed by atoms with Gasteiger partial charge in [0.2, 0.25) is 0 Å². The predicted octanol–water partition coefficient (Wildman–Crippen LogP) is 2.40. The maximum absolute atomic E-state index is 12.0. The number of alkyl carbamates (subject to hydrolysis) is 1. The lowest BCUT2D eigenvalue weighted by Gasteiger charge is -2.26. The molecule has 2 N–H and O–H groups in total. The number of nitrogens with one attached hydrogen (secondary N) is 1. The van der Waals surface area contributed by atoms with Crippen molar-refractivity contribution in [2.75, 3.05) is 7.11 Å². The summed E-state index contributed by atoms with van der Waals surface area (Å²) in [4.78, 5) is 23.9. The molecule has 128 valence electrons. The molecule has 1 aromatic carbocycles.